The molecule has 4 heteroatoms. The van der Waals surface area contributed by atoms with E-state index in [-0.39, 0.29) is 0 Å². The Morgan fingerprint density at radius 1 is 1.12 bits per heavy atom. The number of carbonyl (C=O) groups is 1. The number of hydrogen-bond donors (Lipinski definition) is 0. The molecule has 2 aromatic carbocycles. The Bertz CT molecular complexity index is 925. The molecule has 118 valence electrons. The molecule has 0 bridgehead atoms. The summed E-state index contributed by atoms with van der Waals surface area (Å²) in [5, 5.41) is 0. The van der Waals surface area contributed by atoms with Gasteiger partial charge >= 0.3 is 0 Å². The maximum Gasteiger partial charge on any atom is 0.150 e. The number of carbonyl (C=O) groups excluding carboxylic acids is 1. The van der Waals surface area contributed by atoms with Crippen LogP contribution < -0.4 is 4.74 Å². The zero-order valence-corrected chi connectivity index (χ0v) is 12.8. The van der Waals surface area contributed by atoms with Crippen LogP contribution in [0.25, 0.3) is 0 Å². The minimum atomic E-state index is -0.475. The molecule has 1 aliphatic heterocycles. The van der Waals surface area contributed by atoms with E-state index in [0.29, 0.717) is 34.6 Å². The molecule has 0 saturated carbocycles. The predicted molar refractivity (Wildman–Crippen MR) is 89.9 cm³/mol. The molecule has 3 nitrogen and oxygen atoms in total. The molecular weight excluding hydrogens is 305 g/mol. The van der Waals surface area contributed by atoms with Crippen LogP contribution in [0.4, 0.5) is 4.39 Å². The highest BCUT2D eigenvalue weighted by Gasteiger charge is 2.23. The number of ether oxygens (including phenoxy) is 1. The van der Waals surface area contributed by atoms with Crippen molar-refractivity contribution in [1.82, 2.24) is 0 Å². The van der Waals surface area contributed by atoms with Gasteiger partial charge in [-0.15, -0.1) is 0 Å². The van der Waals surface area contributed by atoms with Crippen molar-refractivity contribution in [3.63, 3.8) is 0 Å². The van der Waals surface area contributed by atoms with E-state index in [0.717, 1.165) is 24.2 Å². The Morgan fingerprint density at radius 3 is 2.83 bits per heavy atom. The molecule has 0 unspecified atom stereocenters. The first kappa shape index (κ1) is 14.6. The Labute approximate surface area is 138 Å². The highest BCUT2D eigenvalue weighted by molar-refractivity contribution is 6.15. The normalized spacial score (nSPS) is 15.8. The molecule has 0 aromatic heterocycles. The molecule has 0 spiro atoms. The van der Waals surface area contributed by atoms with Gasteiger partial charge in [0, 0.05) is 23.1 Å². The molecule has 1 heterocycles. The molecule has 0 atom stereocenters. The van der Waals surface area contributed by atoms with Crippen molar-refractivity contribution in [1.29, 1.82) is 0 Å². The van der Waals surface area contributed by atoms with E-state index < -0.39 is 5.82 Å². The summed E-state index contributed by atoms with van der Waals surface area (Å²) in [7, 11) is 0. The summed E-state index contributed by atoms with van der Waals surface area (Å²) in [6, 6.07) is 11.9. The molecular formula is C20H14FNO2. The Balaban J connectivity index is 1.94. The molecule has 24 heavy (non-hydrogen) atoms. The van der Waals surface area contributed by atoms with Gasteiger partial charge in [0.15, 0.2) is 0 Å². The van der Waals surface area contributed by atoms with E-state index in [1.807, 2.05) is 36.4 Å². The minimum absolute atomic E-state index is 0.299. The maximum atomic E-state index is 14.6. The smallest absolute Gasteiger partial charge is 0.150 e. The number of hydrogen-bond acceptors (Lipinski definition) is 3. The number of fused-ring (bicyclic) bond motifs is 1. The van der Waals surface area contributed by atoms with Gasteiger partial charge in [-0.25, -0.2) is 9.38 Å². The number of halogens is 1. The average Bonchev–Trinajstić information content (AvgIpc) is 2.78. The molecule has 2 aliphatic rings. The quantitative estimate of drug-likeness (QED) is 0.768. The van der Waals surface area contributed by atoms with E-state index in [4.69, 9.17) is 4.74 Å². The average molecular weight is 319 g/mol. The van der Waals surface area contributed by atoms with Crippen molar-refractivity contribution in [2.75, 3.05) is 0 Å². The van der Waals surface area contributed by atoms with Gasteiger partial charge in [0.2, 0.25) is 0 Å². The standard InChI is InChI=1S/C20H14FNO2/c21-16-11-13(12-23)9-10-14(16)20-15-5-1-3-7-18(15)24-19-8-4-2-6-17(19)22-20/h1-3,5-7,9-12H,4,8H2. The lowest BCUT2D eigenvalue weighted by molar-refractivity contribution is 0.112. The number of nitrogens with zero attached hydrogens (tertiary/aromatic N) is 1. The van der Waals surface area contributed by atoms with Crippen LogP contribution in [-0.2, 0) is 0 Å². The zero-order valence-electron chi connectivity index (χ0n) is 12.8. The highest BCUT2D eigenvalue weighted by Crippen LogP contribution is 2.33. The molecule has 1 aliphatic carbocycles. The van der Waals surface area contributed by atoms with Crippen molar-refractivity contribution in [2.24, 2.45) is 4.99 Å². The molecule has 0 radical (unpaired) electrons. The van der Waals surface area contributed by atoms with Crippen molar-refractivity contribution in [2.45, 2.75) is 12.8 Å². The lowest BCUT2D eigenvalue weighted by atomic mass is 9.99. The highest BCUT2D eigenvalue weighted by atomic mass is 19.1. The third kappa shape index (κ3) is 2.46. The number of aldehydes is 1. The van der Waals surface area contributed by atoms with Gasteiger partial charge in [-0.1, -0.05) is 24.3 Å². The topological polar surface area (TPSA) is 38.7 Å². The van der Waals surface area contributed by atoms with Crippen LogP contribution in [0.2, 0.25) is 0 Å². The fraction of sp³-hybridized carbons (Fsp3) is 0.100. The number of aliphatic imine (C=N–C) groups is 1. The fourth-order valence-electron chi connectivity index (χ4n) is 2.90. The number of rotatable bonds is 2. The van der Waals surface area contributed by atoms with Crippen LogP contribution in [0.1, 0.15) is 34.3 Å². The number of allylic oxidation sites excluding steroid dienone is 3. The second kappa shape index (κ2) is 5.89. The first-order valence-electron chi connectivity index (χ1n) is 7.77. The maximum absolute atomic E-state index is 14.6. The van der Waals surface area contributed by atoms with E-state index in [2.05, 4.69) is 4.99 Å². The minimum Gasteiger partial charge on any atom is -0.459 e. The van der Waals surface area contributed by atoms with Crippen LogP contribution in [0, 0.1) is 5.82 Å². The van der Waals surface area contributed by atoms with Crippen LogP contribution in [0.3, 0.4) is 0 Å². The van der Waals surface area contributed by atoms with Crippen LogP contribution >= 0.6 is 0 Å². The zero-order chi connectivity index (χ0) is 16.5. The van der Waals surface area contributed by atoms with Crippen LogP contribution in [0.15, 0.2) is 71.1 Å². The summed E-state index contributed by atoms with van der Waals surface area (Å²) in [4.78, 5) is 15.5. The van der Waals surface area contributed by atoms with Crippen LogP contribution in [0.5, 0.6) is 5.75 Å². The monoisotopic (exact) mass is 319 g/mol. The van der Waals surface area contributed by atoms with E-state index >= 15 is 0 Å². The van der Waals surface area contributed by atoms with Crippen molar-refractivity contribution in [3.05, 3.63) is 88.6 Å². The predicted octanol–water partition coefficient (Wildman–Crippen LogP) is 4.43. The van der Waals surface area contributed by atoms with Crippen LogP contribution in [-0.4, -0.2) is 12.0 Å². The first-order chi connectivity index (χ1) is 11.8. The largest absolute Gasteiger partial charge is 0.459 e. The van der Waals surface area contributed by atoms with Gasteiger partial charge in [0.25, 0.3) is 0 Å². The third-order valence-corrected chi connectivity index (χ3v) is 4.09. The van der Waals surface area contributed by atoms with Crippen molar-refractivity contribution >= 4 is 12.0 Å². The van der Waals surface area contributed by atoms with Gasteiger partial charge in [0.05, 0.1) is 5.71 Å². The van der Waals surface area contributed by atoms with E-state index in [9.17, 15) is 9.18 Å². The molecule has 2 aromatic rings. The summed E-state index contributed by atoms with van der Waals surface area (Å²) in [5.41, 5.74) is 2.61. The first-order valence-corrected chi connectivity index (χ1v) is 7.77. The lowest BCUT2D eigenvalue weighted by Gasteiger charge is -2.13. The summed E-state index contributed by atoms with van der Waals surface area (Å²) < 4.78 is 20.6. The Kier molecular flexibility index (Phi) is 3.58. The third-order valence-electron chi connectivity index (χ3n) is 4.09. The Morgan fingerprint density at radius 2 is 2.00 bits per heavy atom. The second-order valence-electron chi connectivity index (χ2n) is 5.67. The van der Waals surface area contributed by atoms with Gasteiger partial charge in [-0.05, 0) is 36.8 Å². The second-order valence-corrected chi connectivity index (χ2v) is 5.67. The summed E-state index contributed by atoms with van der Waals surface area (Å²) in [6.45, 7) is 0. The van der Waals surface area contributed by atoms with Crippen molar-refractivity contribution in [3.8, 4) is 5.75 Å². The van der Waals surface area contributed by atoms with Crippen molar-refractivity contribution < 1.29 is 13.9 Å². The number of para-hydroxylation sites is 1. The summed E-state index contributed by atoms with van der Waals surface area (Å²) in [6.07, 6.45) is 6.23. The van der Waals surface area contributed by atoms with Gasteiger partial charge < -0.3 is 4.74 Å². The summed E-state index contributed by atoms with van der Waals surface area (Å²) in [5.74, 6) is 0.984. The van der Waals surface area contributed by atoms with Gasteiger partial charge in [-0.3, -0.25) is 4.79 Å². The molecule has 4 rings (SSSR count). The fourth-order valence-corrected chi connectivity index (χ4v) is 2.90. The molecule has 0 saturated heterocycles. The van der Waals surface area contributed by atoms with Gasteiger partial charge in [0.1, 0.15) is 29.3 Å². The molecule has 0 amide bonds. The number of benzene rings is 2. The lowest BCUT2D eigenvalue weighted by Crippen LogP contribution is -2.07. The molecule has 0 fully saturated rings. The van der Waals surface area contributed by atoms with E-state index in [1.165, 1.54) is 6.07 Å². The van der Waals surface area contributed by atoms with Gasteiger partial charge in [-0.2, -0.15) is 0 Å². The Hall–Kier alpha value is -3.01. The van der Waals surface area contributed by atoms with E-state index in [1.54, 1.807) is 12.1 Å². The summed E-state index contributed by atoms with van der Waals surface area (Å²) >= 11 is 0. The SMILES string of the molecule is O=Cc1ccc(C2=NC3=C(CCC=C3)Oc3ccccc32)c(F)c1. The molecule has 0 N–H and O–H groups in total.